The molecule has 10 heteroatoms. The van der Waals surface area contributed by atoms with Gasteiger partial charge in [-0.1, -0.05) is 17.7 Å². The molecule has 1 aromatic heterocycles. The number of nitro benzene ring substituents is 1. The Kier molecular flexibility index (Phi) is 6.07. The van der Waals surface area contributed by atoms with Crippen molar-refractivity contribution in [3.8, 4) is 5.69 Å². The number of non-ortho nitro benzene ring substituents is 1. The van der Waals surface area contributed by atoms with Crippen LogP contribution < -0.4 is 16.6 Å². The van der Waals surface area contributed by atoms with Crippen LogP contribution in [0.15, 0.2) is 52.1 Å². The Hall–Kier alpha value is -3.79. The molecular formula is C20H20N4O6. The highest BCUT2D eigenvalue weighted by Gasteiger charge is 2.18. The lowest BCUT2D eigenvalue weighted by molar-refractivity contribution is -0.384. The number of aryl methyl sites for hydroxylation is 1. The molecule has 1 heterocycles. The Balaban J connectivity index is 2.22. The summed E-state index contributed by atoms with van der Waals surface area (Å²) in [6.45, 7) is 2.06. The summed E-state index contributed by atoms with van der Waals surface area (Å²) in [7, 11) is 1.50. The summed E-state index contributed by atoms with van der Waals surface area (Å²) < 4.78 is 6.91. The molecule has 0 aliphatic carbocycles. The van der Waals surface area contributed by atoms with Crippen molar-refractivity contribution in [1.29, 1.82) is 0 Å². The number of aromatic nitrogens is 2. The van der Waals surface area contributed by atoms with E-state index in [1.54, 1.807) is 25.1 Å². The summed E-state index contributed by atoms with van der Waals surface area (Å²) in [4.78, 5) is 49.1. The number of nitro groups is 1. The summed E-state index contributed by atoms with van der Waals surface area (Å²) >= 11 is 0. The third-order valence-electron chi connectivity index (χ3n) is 4.53. The van der Waals surface area contributed by atoms with E-state index in [2.05, 4.69) is 5.32 Å². The normalized spacial score (nSPS) is 10.9. The molecule has 0 unspecified atom stereocenters. The fourth-order valence-corrected chi connectivity index (χ4v) is 3.11. The van der Waals surface area contributed by atoms with Crippen LogP contribution >= 0.6 is 0 Å². The van der Waals surface area contributed by atoms with Gasteiger partial charge in [-0.25, -0.2) is 9.36 Å². The van der Waals surface area contributed by atoms with Crippen molar-refractivity contribution in [2.24, 2.45) is 0 Å². The fraction of sp³-hybridized carbons (Fsp3) is 0.250. The monoisotopic (exact) mass is 412 g/mol. The maximum absolute atomic E-state index is 13.2. The van der Waals surface area contributed by atoms with Crippen molar-refractivity contribution in [1.82, 2.24) is 14.5 Å². The summed E-state index contributed by atoms with van der Waals surface area (Å²) in [5, 5.41) is 14.0. The van der Waals surface area contributed by atoms with Crippen molar-refractivity contribution in [3.63, 3.8) is 0 Å². The number of carbonyl (C=O) groups is 1. The molecular weight excluding hydrogens is 392 g/mol. The highest BCUT2D eigenvalue weighted by molar-refractivity contribution is 5.82. The zero-order valence-electron chi connectivity index (χ0n) is 16.5. The molecule has 1 amide bonds. The van der Waals surface area contributed by atoms with E-state index in [1.165, 1.54) is 29.9 Å². The van der Waals surface area contributed by atoms with Crippen LogP contribution in [0.1, 0.15) is 5.56 Å². The third kappa shape index (κ3) is 4.13. The molecule has 0 aliphatic rings. The first kappa shape index (κ1) is 20.9. The van der Waals surface area contributed by atoms with Crippen molar-refractivity contribution in [2.75, 3.05) is 20.3 Å². The van der Waals surface area contributed by atoms with E-state index < -0.39 is 22.1 Å². The molecule has 0 radical (unpaired) electrons. The summed E-state index contributed by atoms with van der Waals surface area (Å²) in [6.07, 6.45) is 0. The smallest absolute Gasteiger partial charge is 0.336 e. The van der Waals surface area contributed by atoms with Gasteiger partial charge in [0.15, 0.2) is 0 Å². The van der Waals surface area contributed by atoms with Gasteiger partial charge in [-0.2, -0.15) is 0 Å². The number of methoxy groups -OCH3 is 1. The van der Waals surface area contributed by atoms with Crippen LogP contribution in [-0.4, -0.2) is 40.2 Å². The first-order chi connectivity index (χ1) is 14.3. The van der Waals surface area contributed by atoms with Crippen LogP contribution in [0.4, 0.5) is 5.69 Å². The van der Waals surface area contributed by atoms with Crippen LogP contribution in [0, 0.1) is 17.0 Å². The first-order valence-corrected chi connectivity index (χ1v) is 9.10. The Labute approximate surface area is 170 Å². The minimum atomic E-state index is -0.765. The average Bonchev–Trinajstić information content (AvgIpc) is 2.72. The van der Waals surface area contributed by atoms with Gasteiger partial charge < -0.3 is 10.1 Å². The molecule has 156 valence electrons. The molecule has 1 N–H and O–H groups in total. The van der Waals surface area contributed by atoms with Gasteiger partial charge in [-0.05, 0) is 25.1 Å². The predicted molar refractivity (Wildman–Crippen MR) is 110 cm³/mol. The number of amides is 1. The van der Waals surface area contributed by atoms with E-state index in [0.717, 1.165) is 16.2 Å². The molecule has 0 saturated heterocycles. The van der Waals surface area contributed by atoms with Gasteiger partial charge in [0.1, 0.15) is 6.54 Å². The van der Waals surface area contributed by atoms with Crippen LogP contribution in [0.3, 0.4) is 0 Å². The molecule has 3 rings (SSSR count). The van der Waals surface area contributed by atoms with E-state index in [4.69, 9.17) is 4.74 Å². The van der Waals surface area contributed by atoms with Gasteiger partial charge >= 0.3 is 5.69 Å². The fourth-order valence-electron chi connectivity index (χ4n) is 3.11. The van der Waals surface area contributed by atoms with Crippen molar-refractivity contribution in [3.05, 3.63) is 79.0 Å². The Morgan fingerprint density at radius 1 is 1.20 bits per heavy atom. The molecule has 0 fully saturated rings. The highest BCUT2D eigenvalue weighted by Crippen LogP contribution is 2.16. The standard InChI is InChI=1S/C20H20N4O6/c1-13-6-7-17-16(10-13)19(26)23(14-4-3-5-15(11-14)24(28)29)20(27)22(17)12-18(25)21-8-9-30-2/h3-7,10-11H,8-9,12H2,1-2H3,(H,21,25). The van der Waals surface area contributed by atoms with E-state index in [9.17, 15) is 24.5 Å². The number of nitrogens with zero attached hydrogens (tertiary/aromatic N) is 3. The zero-order valence-corrected chi connectivity index (χ0v) is 16.5. The lowest BCUT2D eigenvalue weighted by atomic mass is 10.1. The van der Waals surface area contributed by atoms with Crippen molar-refractivity contribution >= 4 is 22.5 Å². The quantitative estimate of drug-likeness (QED) is 0.352. The molecule has 10 nitrogen and oxygen atoms in total. The number of carbonyl (C=O) groups excluding carboxylic acids is 1. The van der Waals surface area contributed by atoms with Crippen molar-refractivity contribution in [2.45, 2.75) is 13.5 Å². The van der Waals surface area contributed by atoms with Crippen molar-refractivity contribution < 1.29 is 14.5 Å². The van der Waals surface area contributed by atoms with Crippen LogP contribution in [0.5, 0.6) is 0 Å². The Morgan fingerprint density at radius 3 is 2.67 bits per heavy atom. The van der Waals surface area contributed by atoms with E-state index in [1.807, 2.05) is 0 Å². The number of hydrogen-bond acceptors (Lipinski definition) is 6. The SMILES string of the molecule is COCCNC(=O)Cn1c(=O)n(-c2cccc([N+](=O)[O-])c2)c(=O)c2cc(C)ccc21. The van der Waals surface area contributed by atoms with Gasteiger partial charge in [0.25, 0.3) is 11.2 Å². The highest BCUT2D eigenvalue weighted by atomic mass is 16.6. The maximum Gasteiger partial charge on any atom is 0.336 e. The number of rotatable bonds is 7. The van der Waals surface area contributed by atoms with Gasteiger partial charge in [0.2, 0.25) is 5.91 Å². The molecule has 0 bridgehead atoms. The number of ether oxygens (including phenoxy) is 1. The topological polar surface area (TPSA) is 125 Å². The molecule has 3 aromatic rings. The van der Waals surface area contributed by atoms with E-state index >= 15 is 0 Å². The minimum absolute atomic E-state index is 0.0520. The lowest BCUT2D eigenvalue weighted by Crippen LogP contribution is -2.42. The van der Waals surface area contributed by atoms with Gasteiger partial charge in [-0.3, -0.25) is 24.3 Å². The Morgan fingerprint density at radius 2 is 1.97 bits per heavy atom. The summed E-state index contributed by atoms with van der Waals surface area (Å²) in [5.41, 5.74) is -0.490. The predicted octanol–water partition coefficient (Wildman–Crippen LogP) is 1.13. The molecule has 30 heavy (non-hydrogen) atoms. The molecule has 0 saturated carbocycles. The minimum Gasteiger partial charge on any atom is -0.383 e. The lowest BCUT2D eigenvalue weighted by Gasteiger charge is -2.14. The molecule has 2 aromatic carbocycles. The third-order valence-corrected chi connectivity index (χ3v) is 4.53. The second kappa shape index (κ2) is 8.70. The summed E-state index contributed by atoms with van der Waals surface area (Å²) in [6, 6.07) is 10.2. The largest absolute Gasteiger partial charge is 0.383 e. The van der Waals surface area contributed by atoms with Crippen LogP contribution in [-0.2, 0) is 16.1 Å². The molecule has 0 aliphatic heterocycles. The molecule has 0 spiro atoms. The van der Waals surface area contributed by atoms with Gasteiger partial charge in [0.05, 0.1) is 28.1 Å². The zero-order chi connectivity index (χ0) is 21.8. The van der Waals surface area contributed by atoms with Gasteiger partial charge in [-0.15, -0.1) is 0 Å². The second-order valence-corrected chi connectivity index (χ2v) is 6.65. The second-order valence-electron chi connectivity index (χ2n) is 6.65. The van der Waals surface area contributed by atoms with Crippen LogP contribution in [0.2, 0.25) is 0 Å². The summed E-state index contributed by atoms with van der Waals surface area (Å²) in [5.74, 6) is -0.430. The van der Waals surface area contributed by atoms with E-state index in [-0.39, 0.29) is 29.9 Å². The number of nitrogens with one attached hydrogen (secondary N) is 1. The number of benzene rings is 2. The van der Waals surface area contributed by atoms with E-state index in [0.29, 0.717) is 12.1 Å². The average molecular weight is 412 g/mol. The molecule has 0 atom stereocenters. The van der Waals surface area contributed by atoms with Gasteiger partial charge in [0, 0.05) is 25.8 Å². The first-order valence-electron chi connectivity index (χ1n) is 9.10. The number of hydrogen-bond donors (Lipinski definition) is 1. The Bertz CT molecular complexity index is 1240. The van der Waals surface area contributed by atoms with Crippen LogP contribution in [0.25, 0.3) is 16.6 Å². The maximum atomic E-state index is 13.2. The number of fused-ring (bicyclic) bond motifs is 1.